The Morgan fingerprint density at radius 1 is 0.745 bits per heavy atom. The zero-order valence-corrected chi connectivity index (χ0v) is 31.4. The highest BCUT2D eigenvalue weighted by Crippen LogP contribution is 2.71. The predicted octanol–water partition coefficient (Wildman–Crippen LogP) is 8.55. The van der Waals surface area contributed by atoms with Crippen LogP contribution in [0.3, 0.4) is 0 Å². The minimum Gasteiger partial charge on any atom is -0.393 e. The molecular formula is C47H63NO3. The van der Waals surface area contributed by atoms with Gasteiger partial charge >= 0.3 is 0 Å². The first-order valence-electron chi connectivity index (χ1n) is 21.2. The van der Waals surface area contributed by atoms with Crippen LogP contribution >= 0.6 is 0 Å². The minimum absolute atomic E-state index is 0.0521. The first-order chi connectivity index (χ1) is 24.6. The largest absolute Gasteiger partial charge is 0.393 e. The average molecular weight is 690 g/mol. The van der Waals surface area contributed by atoms with Crippen molar-refractivity contribution in [2.45, 2.75) is 121 Å². The Kier molecular flexibility index (Phi) is 7.91. The van der Waals surface area contributed by atoms with Crippen molar-refractivity contribution in [2.75, 3.05) is 13.1 Å². The highest BCUT2D eigenvalue weighted by Gasteiger charge is 2.67. The van der Waals surface area contributed by atoms with Crippen LogP contribution in [0.15, 0.2) is 60.7 Å². The fourth-order valence-corrected chi connectivity index (χ4v) is 15.9. The van der Waals surface area contributed by atoms with E-state index in [1.807, 2.05) is 0 Å². The van der Waals surface area contributed by atoms with Crippen molar-refractivity contribution < 1.29 is 15.3 Å². The molecule has 2 heterocycles. The first kappa shape index (κ1) is 33.6. The van der Waals surface area contributed by atoms with Crippen molar-refractivity contribution in [2.24, 2.45) is 70.0 Å². The smallest absolute Gasteiger partial charge is 0.0805 e. The fraction of sp³-hybridized carbons (Fsp3) is 0.702. The molecule has 2 saturated heterocycles. The van der Waals surface area contributed by atoms with Crippen molar-refractivity contribution in [3.8, 4) is 0 Å². The lowest BCUT2D eigenvalue weighted by molar-refractivity contribution is -0.180. The molecule has 8 aliphatic rings. The van der Waals surface area contributed by atoms with Crippen LogP contribution in [-0.2, 0) is 0 Å². The minimum atomic E-state index is -0.600. The topological polar surface area (TPSA) is 63.9 Å². The second-order valence-electron chi connectivity index (χ2n) is 20.2. The first-order valence-corrected chi connectivity index (χ1v) is 21.2. The summed E-state index contributed by atoms with van der Waals surface area (Å²) in [6.07, 6.45) is 16.4. The van der Waals surface area contributed by atoms with Gasteiger partial charge in [0.25, 0.3) is 0 Å². The van der Waals surface area contributed by atoms with E-state index in [-0.39, 0.29) is 29.0 Å². The van der Waals surface area contributed by atoms with Crippen molar-refractivity contribution >= 4 is 6.08 Å². The maximum Gasteiger partial charge on any atom is 0.0805 e. The summed E-state index contributed by atoms with van der Waals surface area (Å²) in [6, 6.07) is 20.5. The van der Waals surface area contributed by atoms with E-state index in [2.05, 4.69) is 92.4 Å². The molecule has 0 amide bonds. The summed E-state index contributed by atoms with van der Waals surface area (Å²) in [5.74, 6) is 5.73. The van der Waals surface area contributed by atoms with Crippen molar-refractivity contribution in [3.05, 3.63) is 77.4 Å². The molecule has 51 heavy (non-hydrogen) atoms. The number of aliphatic hydroxyl groups excluding tert-OH is 2. The molecule has 0 unspecified atom stereocenters. The van der Waals surface area contributed by atoms with Crippen LogP contribution in [0.2, 0.25) is 0 Å². The van der Waals surface area contributed by atoms with Gasteiger partial charge in [0.15, 0.2) is 0 Å². The molecule has 6 aliphatic carbocycles. The maximum atomic E-state index is 12.2. The molecular weight excluding hydrogens is 627 g/mol. The average Bonchev–Trinajstić information content (AvgIpc) is 3.72. The van der Waals surface area contributed by atoms with Gasteiger partial charge in [-0.05, 0) is 164 Å². The van der Waals surface area contributed by atoms with E-state index >= 15 is 0 Å². The molecule has 1 spiro atoms. The molecule has 2 aromatic rings. The number of nitrogens with zero attached hydrogens (tertiary/aromatic N) is 1. The van der Waals surface area contributed by atoms with Gasteiger partial charge < -0.3 is 15.3 Å². The molecule has 4 nitrogen and oxygen atoms in total. The maximum absolute atomic E-state index is 12.2. The molecule has 5 saturated carbocycles. The molecule has 0 radical (unpaired) electrons. The molecule has 10 rings (SSSR count). The van der Waals surface area contributed by atoms with Gasteiger partial charge in [-0.15, -0.1) is 0 Å². The summed E-state index contributed by atoms with van der Waals surface area (Å²) < 4.78 is 0. The van der Waals surface area contributed by atoms with Gasteiger partial charge in [0.05, 0.1) is 17.8 Å². The molecule has 4 heteroatoms. The molecule has 17 atom stereocenters. The zero-order valence-electron chi connectivity index (χ0n) is 31.4. The van der Waals surface area contributed by atoms with E-state index in [0.29, 0.717) is 59.3 Å². The third-order valence-corrected chi connectivity index (χ3v) is 18.0. The summed E-state index contributed by atoms with van der Waals surface area (Å²) in [5, 5.41) is 36.5. The van der Waals surface area contributed by atoms with E-state index < -0.39 is 5.60 Å². The van der Waals surface area contributed by atoms with Crippen LogP contribution in [0.25, 0.3) is 6.08 Å². The summed E-state index contributed by atoms with van der Waals surface area (Å²) in [5.41, 5.74) is 3.60. The van der Waals surface area contributed by atoms with Gasteiger partial charge in [0, 0.05) is 25.0 Å². The number of fused-ring (bicyclic) bond motifs is 9. The Morgan fingerprint density at radius 3 is 2.39 bits per heavy atom. The standard InChI is InChI=1S/C47H63NO3/c1-28-13-18-42-46(3,51)38-17-16-34-35(37(38)26-48(42)25-28)21-39-36(34)22-41(49)40-23-43(50)47(27-45(39,40)2)20-19-31(24-47)33-15-14-29-9-7-8-12-32(29)44(33)30-10-5-4-6-11-30/h4-12,14-15,28,31,33-44,49-51H,13,16-27H2,1-3H3/t28-,31+,33-,34+,35+,36+,37+,38-,39-,40+,41+,42-,43-,44-,45-,46+,47-/m1/s1. The summed E-state index contributed by atoms with van der Waals surface area (Å²) in [4.78, 5) is 2.71. The van der Waals surface area contributed by atoms with Gasteiger partial charge in [-0.2, -0.15) is 0 Å². The lowest BCUT2D eigenvalue weighted by Crippen LogP contribution is -2.67. The Morgan fingerprint density at radius 2 is 1.55 bits per heavy atom. The molecule has 0 aromatic heterocycles. The SMILES string of the molecule is C[C@@H]1CC[C@H]2N(C1)C[C@H]1[C@H]3C[C@@H]4[C@@H](C[C@H](O)[C@@H]5C[C@@H](O)[C@@]6(CC[C@H]([C@H]7C=Cc8ccccc8[C@H]7c7ccccc7)C6)C[C@]45C)[C@H]3CC[C@H]1[C@]2(C)O. The van der Waals surface area contributed by atoms with E-state index in [0.717, 1.165) is 57.4 Å². The van der Waals surface area contributed by atoms with Crippen LogP contribution in [0, 0.1) is 70.0 Å². The van der Waals surface area contributed by atoms with E-state index in [1.54, 1.807) is 0 Å². The quantitative estimate of drug-likeness (QED) is 0.296. The van der Waals surface area contributed by atoms with Gasteiger partial charge in [-0.25, -0.2) is 0 Å². The van der Waals surface area contributed by atoms with Gasteiger partial charge in [0.2, 0.25) is 0 Å². The van der Waals surface area contributed by atoms with Crippen molar-refractivity contribution in [1.29, 1.82) is 0 Å². The van der Waals surface area contributed by atoms with Crippen LogP contribution in [0.5, 0.6) is 0 Å². The Labute approximate surface area is 307 Å². The van der Waals surface area contributed by atoms with Gasteiger partial charge in [-0.1, -0.05) is 80.6 Å². The molecule has 2 aliphatic heterocycles. The summed E-state index contributed by atoms with van der Waals surface area (Å²) >= 11 is 0. The van der Waals surface area contributed by atoms with E-state index in [9.17, 15) is 15.3 Å². The Bertz CT molecular complexity index is 1650. The van der Waals surface area contributed by atoms with Crippen LogP contribution in [-0.4, -0.2) is 57.2 Å². The number of allylic oxidation sites excluding steroid dienone is 1. The number of rotatable bonds is 2. The summed E-state index contributed by atoms with van der Waals surface area (Å²) in [6.45, 7) is 9.49. The third kappa shape index (κ3) is 4.97. The lowest BCUT2D eigenvalue weighted by atomic mass is 9.46. The molecule has 274 valence electrons. The van der Waals surface area contributed by atoms with Crippen molar-refractivity contribution in [1.82, 2.24) is 4.90 Å². The monoisotopic (exact) mass is 689 g/mol. The van der Waals surface area contributed by atoms with Crippen LogP contribution in [0.4, 0.5) is 0 Å². The third-order valence-electron chi connectivity index (χ3n) is 18.0. The number of hydrogen-bond donors (Lipinski definition) is 3. The number of aliphatic hydroxyl groups is 3. The second-order valence-corrected chi connectivity index (χ2v) is 20.2. The Balaban J connectivity index is 0.940. The van der Waals surface area contributed by atoms with Crippen LogP contribution < -0.4 is 0 Å². The van der Waals surface area contributed by atoms with Gasteiger partial charge in [-0.3, -0.25) is 4.90 Å². The number of hydrogen-bond acceptors (Lipinski definition) is 4. The number of piperidine rings is 2. The van der Waals surface area contributed by atoms with Crippen LogP contribution in [0.1, 0.15) is 114 Å². The lowest BCUT2D eigenvalue weighted by Gasteiger charge is -2.60. The second kappa shape index (κ2) is 12.0. The van der Waals surface area contributed by atoms with E-state index in [1.165, 1.54) is 48.9 Å². The Hall–Kier alpha value is -1.98. The molecule has 0 bridgehead atoms. The summed E-state index contributed by atoms with van der Waals surface area (Å²) in [7, 11) is 0. The zero-order chi connectivity index (χ0) is 34.9. The highest BCUT2D eigenvalue weighted by atomic mass is 16.3. The molecule has 2 aromatic carbocycles. The van der Waals surface area contributed by atoms with E-state index in [4.69, 9.17) is 0 Å². The molecule has 3 N–H and O–H groups in total. The highest BCUT2D eigenvalue weighted by molar-refractivity contribution is 5.60. The van der Waals surface area contributed by atoms with Crippen molar-refractivity contribution in [3.63, 3.8) is 0 Å². The fourth-order valence-electron chi connectivity index (χ4n) is 15.9. The molecule has 7 fully saturated rings. The number of benzene rings is 2. The predicted molar refractivity (Wildman–Crippen MR) is 204 cm³/mol. The van der Waals surface area contributed by atoms with Gasteiger partial charge in [0.1, 0.15) is 0 Å². The normalized spacial score (nSPS) is 51.6.